The second-order valence-corrected chi connectivity index (χ2v) is 13.0. The standard InChI is InChI=1S/C8H14.3ClH.Ir/c1-2-4-6-8-7-5-3-1;;;;/h1-2H,3-8H2;3*1H;/q;;;;+3/p-3. The molecule has 0 aromatic rings. The van der Waals surface area contributed by atoms with Crippen LogP contribution in [0.3, 0.4) is 0 Å². The molecule has 0 aliphatic heterocycles. The van der Waals surface area contributed by atoms with Crippen LogP contribution in [0.25, 0.3) is 0 Å². The molecule has 1 aliphatic carbocycles. The Morgan fingerprint density at radius 2 is 1.08 bits per heavy atom. The van der Waals surface area contributed by atoms with Gasteiger partial charge in [0, 0.05) is 0 Å². The van der Waals surface area contributed by atoms with E-state index in [2.05, 4.69) is 12.2 Å². The number of halogens is 3. The quantitative estimate of drug-likeness (QED) is 0.497. The summed E-state index contributed by atoms with van der Waals surface area (Å²) >= 11 is -1.92. The predicted octanol–water partition coefficient (Wildman–Crippen LogP) is 4.96. The summed E-state index contributed by atoms with van der Waals surface area (Å²) in [5.41, 5.74) is 0. The third-order valence-electron chi connectivity index (χ3n) is 1.66. The van der Waals surface area contributed by atoms with Gasteiger partial charge in [-0.05, 0) is 25.7 Å². The van der Waals surface area contributed by atoms with Crippen molar-refractivity contribution in [1.29, 1.82) is 0 Å². The number of hydrogen-bond donors (Lipinski definition) is 0. The van der Waals surface area contributed by atoms with E-state index < -0.39 is 13.5 Å². The monoisotopic (exact) mass is 408 g/mol. The van der Waals surface area contributed by atoms with E-state index in [-0.39, 0.29) is 0 Å². The van der Waals surface area contributed by atoms with E-state index in [0.717, 1.165) is 0 Å². The minimum atomic E-state index is -1.92. The topological polar surface area (TPSA) is 0 Å². The first-order valence-electron chi connectivity index (χ1n) is 4.03. The zero-order chi connectivity index (χ0) is 9.23. The summed E-state index contributed by atoms with van der Waals surface area (Å²) in [6.45, 7) is 0. The molecule has 0 bridgehead atoms. The summed E-state index contributed by atoms with van der Waals surface area (Å²) < 4.78 is 0. The van der Waals surface area contributed by atoms with E-state index in [1.54, 1.807) is 0 Å². The van der Waals surface area contributed by atoms with Crippen molar-refractivity contribution in [3.63, 3.8) is 0 Å². The Morgan fingerprint density at radius 1 is 0.750 bits per heavy atom. The van der Waals surface area contributed by atoms with Crippen LogP contribution in [0, 0.1) is 0 Å². The average Bonchev–Trinajstić information content (AvgIpc) is 1.82. The van der Waals surface area contributed by atoms with Gasteiger partial charge < -0.3 is 0 Å². The SMILES string of the molecule is C1=CCCCCCC1.[Cl][Ir]([Cl])[Cl]. The molecule has 0 spiro atoms. The van der Waals surface area contributed by atoms with Crippen LogP contribution in [0.4, 0.5) is 0 Å². The molecule has 76 valence electrons. The average molecular weight is 409 g/mol. The van der Waals surface area contributed by atoms with Gasteiger partial charge >= 0.3 is 42.2 Å². The Morgan fingerprint density at radius 3 is 1.42 bits per heavy atom. The molecule has 0 radical (unpaired) electrons. The van der Waals surface area contributed by atoms with Gasteiger partial charge in [0.15, 0.2) is 0 Å². The second kappa shape index (κ2) is 10.3. The van der Waals surface area contributed by atoms with Gasteiger partial charge in [-0.3, -0.25) is 0 Å². The molecule has 12 heavy (non-hydrogen) atoms. The van der Waals surface area contributed by atoms with Crippen molar-refractivity contribution < 1.29 is 13.5 Å². The van der Waals surface area contributed by atoms with Crippen LogP contribution in [0.1, 0.15) is 38.5 Å². The molecule has 1 aliphatic rings. The molecule has 0 atom stereocenters. The molecule has 0 fully saturated rings. The van der Waals surface area contributed by atoms with Crippen LogP contribution >= 0.6 is 28.8 Å². The van der Waals surface area contributed by atoms with E-state index in [1.165, 1.54) is 38.5 Å². The van der Waals surface area contributed by atoms with Crippen LogP contribution in [-0.2, 0) is 13.5 Å². The summed E-state index contributed by atoms with van der Waals surface area (Å²) in [7, 11) is 14.9. The van der Waals surface area contributed by atoms with Gasteiger partial charge in [-0.2, -0.15) is 0 Å². The molecule has 1 rings (SSSR count). The van der Waals surface area contributed by atoms with Gasteiger partial charge in [0.1, 0.15) is 0 Å². The van der Waals surface area contributed by atoms with Gasteiger partial charge in [-0.1, -0.05) is 25.0 Å². The molecule has 0 saturated heterocycles. The number of rotatable bonds is 0. The summed E-state index contributed by atoms with van der Waals surface area (Å²) in [6, 6.07) is 0. The first-order valence-corrected chi connectivity index (χ1v) is 12.9. The molecule has 0 aromatic carbocycles. The van der Waals surface area contributed by atoms with E-state index in [4.69, 9.17) is 28.8 Å². The third-order valence-corrected chi connectivity index (χ3v) is 1.66. The molecule has 0 nitrogen and oxygen atoms in total. The van der Waals surface area contributed by atoms with Crippen LogP contribution in [-0.4, -0.2) is 0 Å². The Balaban J connectivity index is 0.000000261. The number of hydrogen-bond acceptors (Lipinski definition) is 0. The normalized spacial score (nSPS) is 18.4. The van der Waals surface area contributed by atoms with E-state index in [0.29, 0.717) is 0 Å². The van der Waals surface area contributed by atoms with Crippen molar-refractivity contribution in [3.8, 4) is 0 Å². The molecule has 0 N–H and O–H groups in total. The van der Waals surface area contributed by atoms with Gasteiger partial charge in [-0.25, -0.2) is 0 Å². The maximum absolute atomic E-state index is 4.97. The Kier molecular flexibility index (Phi) is 11.4. The fraction of sp³-hybridized carbons (Fsp3) is 0.750. The predicted molar refractivity (Wildman–Crippen MR) is 54.4 cm³/mol. The molecular weight excluding hydrogens is 395 g/mol. The summed E-state index contributed by atoms with van der Waals surface area (Å²) in [6.07, 6.45) is 13.0. The van der Waals surface area contributed by atoms with Gasteiger partial charge in [0.25, 0.3) is 0 Å². The van der Waals surface area contributed by atoms with Crippen molar-refractivity contribution in [3.05, 3.63) is 12.2 Å². The Labute approximate surface area is 92.4 Å². The van der Waals surface area contributed by atoms with E-state index in [1.807, 2.05) is 0 Å². The molecule has 4 heteroatoms. The fourth-order valence-electron chi connectivity index (χ4n) is 1.11. The zero-order valence-electron chi connectivity index (χ0n) is 6.86. The first kappa shape index (κ1) is 13.3. The fourth-order valence-corrected chi connectivity index (χ4v) is 1.11. The molecule has 0 aromatic heterocycles. The number of allylic oxidation sites excluding steroid dienone is 2. The minimum absolute atomic E-state index is 1.32. The molecular formula is C8H14Cl3Ir. The third kappa shape index (κ3) is 13.8. The summed E-state index contributed by atoms with van der Waals surface area (Å²) in [5.74, 6) is 0. The van der Waals surface area contributed by atoms with Crippen LogP contribution in [0.5, 0.6) is 0 Å². The van der Waals surface area contributed by atoms with E-state index in [9.17, 15) is 0 Å². The molecule has 0 saturated carbocycles. The zero-order valence-corrected chi connectivity index (χ0v) is 11.5. The molecule has 0 unspecified atom stereocenters. The van der Waals surface area contributed by atoms with Crippen molar-refractivity contribution in [2.75, 3.05) is 0 Å². The molecule has 0 amide bonds. The Bertz CT molecular complexity index is 102. The van der Waals surface area contributed by atoms with E-state index >= 15 is 0 Å². The van der Waals surface area contributed by atoms with Crippen LogP contribution < -0.4 is 0 Å². The van der Waals surface area contributed by atoms with Crippen molar-refractivity contribution >= 4 is 28.8 Å². The first-order chi connectivity index (χ1) is 5.73. The van der Waals surface area contributed by atoms with Crippen molar-refractivity contribution in [2.45, 2.75) is 38.5 Å². The van der Waals surface area contributed by atoms with Gasteiger partial charge in [0.2, 0.25) is 0 Å². The van der Waals surface area contributed by atoms with Crippen molar-refractivity contribution in [1.82, 2.24) is 0 Å². The van der Waals surface area contributed by atoms with Crippen LogP contribution in [0.2, 0.25) is 0 Å². The van der Waals surface area contributed by atoms with Gasteiger partial charge in [-0.15, -0.1) is 0 Å². The summed E-state index contributed by atoms with van der Waals surface area (Å²) in [4.78, 5) is 0. The molecule has 0 heterocycles. The van der Waals surface area contributed by atoms with Gasteiger partial charge in [0.05, 0.1) is 0 Å². The van der Waals surface area contributed by atoms with Crippen molar-refractivity contribution in [2.24, 2.45) is 0 Å². The summed E-state index contributed by atoms with van der Waals surface area (Å²) in [5, 5.41) is 0. The second-order valence-electron chi connectivity index (χ2n) is 2.61. The van der Waals surface area contributed by atoms with Crippen LogP contribution in [0.15, 0.2) is 12.2 Å². The Hall–Kier alpha value is 1.26. The maximum atomic E-state index is 4.97.